The van der Waals surface area contributed by atoms with Gasteiger partial charge in [0.25, 0.3) is 5.91 Å². The second-order valence-electron chi connectivity index (χ2n) is 5.59. The van der Waals surface area contributed by atoms with Crippen LogP contribution < -0.4 is 10.1 Å². The number of amides is 1. The number of rotatable bonds is 6. The average molecular weight is 299 g/mol. The fraction of sp³-hybridized carbons (Fsp3) is 0.412. The van der Waals surface area contributed by atoms with Crippen LogP contribution in [0.4, 0.5) is 0 Å². The fourth-order valence-electron chi connectivity index (χ4n) is 2.44. The van der Waals surface area contributed by atoms with E-state index >= 15 is 0 Å². The molecule has 0 spiro atoms. The van der Waals surface area contributed by atoms with Crippen LogP contribution in [-0.2, 0) is 0 Å². The van der Waals surface area contributed by atoms with Crippen molar-refractivity contribution in [2.75, 3.05) is 13.7 Å². The number of benzene rings is 1. The Labute approximate surface area is 130 Å². The zero-order chi connectivity index (χ0) is 15.5. The van der Waals surface area contributed by atoms with Gasteiger partial charge in [0.1, 0.15) is 5.75 Å². The van der Waals surface area contributed by atoms with E-state index in [2.05, 4.69) is 10.4 Å². The standard InChI is InChI=1S/C17H21N3O2/c1-3-10-18-17(21)15-11-16(12-4-5-12)20(19-15)13-6-8-14(22-2)9-7-13/h6-9,11-12H,3-5,10H2,1-2H3,(H,18,21). The van der Waals surface area contributed by atoms with Gasteiger partial charge in [-0.05, 0) is 49.6 Å². The summed E-state index contributed by atoms with van der Waals surface area (Å²) in [6, 6.07) is 9.67. The van der Waals surface area contributed by atoms with Crippen LogP contribution in [0.3, 0.4) is 0 Å². The molecular weight excluding hydrogens is 278 g/mol. The van der Waals surface area contributed by atoms with E-state index in [1.807, 2.05) is 41.9 Å². The Balaban J connectivity index is 1.91. The first kappa shape index (κ1) is 14.6. The Bertz CT molecular complexity index is 657. The van der Waals surface area contributed by atoms with E-state index < -0.39 is 0 Å². The number of nitrogens with zero attached hydrogens (tertiary/aromatic N) is 2. The van der Waals surface area contributed by atoms with Gasteiger partial charge < -0.3 is 10.1 Å². The average Bonchev–Trinajstić information content (AvgIpc) is 3.31. The summed E-state index contributed by atoms with van der Waals surface area (Å²) in [5.74, 6) is 1.23. The first-order valence-electron chi connectivity index (χ1n) is 7.75. The molecule has 0 aliphatic heterocycles. The number of methoxy groups -OCH3 is 1. The summed E-state index contributed by atoms with van der Waals surface area (Å²) in [6.45, 7) is 2.71. The minimum atomic E-state index is -0.101. The molecule has 1 fully saturated rings. The summed E-state index contributed by atoms with van der Waals surface area (Å²) in [5.41, 5.74) is 2.57. The number of carbonyl (C=O) groups is 1. The van der Waals surface area contributed by atoms with Gasteiger partial charge >= 0.3 is 0 Å². The maximum Gasteiger partial charge on any atom is 0.271 e. The van der Waals surface area contributed by atoms with Gasteiger partial charge in [-0.15, -0.1) is 0 Å². The molecule has 1 saturated carbocycles. The molecule has 1 aliphatic rings. The topological polar surface area (TPSA) is 56.2 Å². The molecule has 3 rings (SSSR count). The molecule has 116 valence electrons. The van der Waals surface area contributed by atoms with E-state index in [1.54, 1.807) is 7.11 Å². The van der Waals surface area contributed by atoms with Crippen molar-refractivity contribution in [3.63, 3.8) is 0 Å². The van der Waals surface area contributed by atoms with Gasteiger partial charge in [0, 0.05) is 18.2 Å². The molecule has 1 aromatic carbocycles. The number of hydrogen-bond acceptors (Lipinski definition) is 3. The smallest absolute Gasteiger partial charge is 0.271 e. The molecule has 0 radical (unpaired) electrons. The Hall–Kier alpha value is -2.30. The van der Waals surface area contributed by atoms with Gasteiger partial charge in [-0.3, -0.25) is 4.79 Å². The number of hydrogen-bond donors (Lipinski definition) is 1. The zero-order valence-electron chi connectivity index (χ0n) is 13.0. The van der Waals surface area contributed by atoms with Gasteiger partial charge in [-0.2, -0.15) is 5.10 Å². The third-order valence-electron chi connectivity index (χ3n) is 3.82. The first-order valence-corrected chi connectivity index (χ1v) is 7.75. The highest BCUT2D eigenvalue weighted by atomic mass is 16.5. The summed E-state index contributed by atoms with van der Waals surface area (Å²) >= 11 is 0. The van der Waals surface area contributed by atoms with Crippen molar-refractivity contribution in [1.29, 1.82) is 0 Å². The number of aromatic nitrogens is 2. The molecule has 0 bridgehead atoms. The maximum absolute atomic E-state index is 12.1. The van der Waals surface area contributed by atoms with Gasteiger partial charge in [0.2, 0.25) is 0 Å². The lowest BCUT2D eigenvalue weighted by atomic mass is 10.2. The quantitative estimate of drug-likeness (QED) is 0.892. The monoisotopic (exact) mass is 299 g/mol. The molecule has 0 saturated heterocycles. The van der Waals surface area contributed by atoms with Crippen molar-refractivity contribution in [2.45, 2.75) is 32.1 Å². The lowest BCUT2D eigenvalue weighted by molar-refractivity contribution is 0.0948. The molecule has 1 N–H and O–H groups in total. The first-order chi connectivity index (χ1) is 10.7. The largest absolute Gasteiger partial charge is 0.497 e. The Morgan fingerprint density at radius 3 is 2.68 bits per heavy atom. The van der Waals surface area contributed by atoms with Gasteiger partial charge in [0.15, 0.2) is 5.69 Å². The predicted molar refractivity (Wildman–Crippen MR) is 84.7 cm³/mol. The Kier molecular flexibility index (Phi) is 4.13. The van der Waals surface area contributed by atoms with E-state index in [4.69, 9.17) is 4.74 Å². The van der Waals surface area contributed by atoms with Crippen molar-refractivity contribution in [1.82, 2.24) is 15.1 Å². The fourth-order valence-corrected chi connectivity index (χ4v) is 2.44. The van der Waals surface area contributed by atoms with E-state index in [1.165, 1.54) is 0 Å². The second kappa shape index (κ2) is 6.22. The highest BCUT2D eigenvalue weighted by Gasteiger charge is 2.29. The third-order valence-corrected chi connectivity index (χ3v) is 3.82. The van der Waals surface area contributed by atoms with Crippen LogP contribution in [0.2, 0.25) is 0 Å². The molecule has 1 aromatic heterocycles. The van der Waals surface area contributed by atoms with Crippen molar-refractivity contribution < 1.29 is 9.53 Å². The molecule has 2 aromatic rings. The van der Waals surface area contributed by atoms with Crippen LogP contribution in [0.1, 0.15) is 48.3 Å². The molecule has 0 unspecified atom stereocenters. The number of ether oxygens (including phenoxy) is 1. The van der Waals surface area contributed by atoms with Gasteiger partial charge in [-0.25, -0.2) is 4.68 Å². The second-order valence-corrected chi connectivity index (χ2v) is 5.59. The van der Waals surface area contributed by atoms with Crippen LogP contribution in [-0.4, -0.2) is 29.3 Å². The lowest BCUT2D eigenvalue weighted by Gasteiger charge is -2.07. The zero-order valence-corrected chi connectivity index (χ0v) is 13.0. The number of carbonyl (C=O) groups excluding carboxylic acids is 1. The molecule has 1 aliphatic carbocycles. The Morgan fingerprint density at radius 1 is 1.36 bits per heavy atom. The van der Waals surface area contributed by atoms with Crippen molar-refractivity contribution >= 4 is 5.91 Å². The highest BCUT2D eigenvalue weighted by Crippen LogP contribution is 2.41. The molecule has 5 heteroatoms. The number of nitrogens with one attached hydrogen (secondary N) is 1. The third kappa shape index (κ3) is 2.98. The van der Waals surface area contributed by atoms with Crippen LogP contribution in [0.15, 0.2) is 30.3 Å². The van der Waals surface area contributed by atoms with Gasteiger partial charge in [0.05, 0.1) is 12.8 Å². The van der Waals surface area contributed by atoms with E-state index in [9.17, 15) is 4.79 Å². The van der Waals surface area contributed by atoms with Crippen LogP contribution in [0.5, 0.6) is 5.75 Å². The molecule has 0 atom stereocenters. The minimum absolute atomic E-state index is 0.101. The van der Waals surface area contributed by atoms with Crippen LogP contribution in [0, 0.1) is 0 Å². The summed E-state index contributed by atoms with van der Waals surface area (Å²) in [5, 5.41) is 7.40. The van der Waals surface area contributed by atoms with Crippen molar-refractivity contribution in [2.24, 2.45) is 0 Å². The predicted octanol–water partition coefficient (Wildman–Crippen LogP) is 2.90. The molecular formula is C17H21N3O2. The summed E-state index contributed by atoms with van der Waals surface area (Å²) in [4.78, 5) is 12.1. The molecule has 1 amide bonds. The van der Waals surface area contributed by atoms with E-state index in [0.29, 0.717) is 18.2 Å². The van der Waals surface area contributed by atoms with Crippen LogP contribution in [0.25, 0.3) is 5.69 Å². The molecule has 22 heavy (non-hydrogen) atoms. The summed E-state index contributed by atoms with van der Waals surface area (Å²) in [6.07, 6.45) is 3.25. The van der Waals surface area contributed by atoms with E-state index in [0.717, 1.165) is 36.4 Å². The molecule has 1 heterocycles. The van der Waals surface area contributed by atoms with Crippen LogP contribution >= 0.6 is 0 Å². The summed E-state index contributed by atoms with van der Waals surface area (Å²) < 4.78 is 7.08. The van der Waals surface area contributed by atoms with E-state index in [-0.39, 0.29) is 5.91 Å². The highest BCUT2D eigenvalue weighted by molar-refractivity contribution is 5.92. The van der Waals surface area contributed by atoms with Crippen molar-refractivity contribution in [3.05, 3.63) is 41.7 Å². The lowest BCUT2D eigenvalue weighted by Crippen LogP contribution is -2.24. The summed E-state index contributed by atoms with van der Waals surface area (Å²) in [7, 11) is 1.65. The van der Waals surface area contributed by atoms with Gasteiger partial charge in [-0.1, -0.05) is 6.92 Å². The maximum atomic E-state index is 12.1. The van der Waals surface area contributed by atoms with Crippen molar-refractivity contribution in [3.8, 4) is 11.4 Å². The Morgan fingerprint density at radius 2 is 2.09 bits per heavy atom. The molecule has 5 nitrogen and oxygen atoms in total. The normalized spacial score (nSPS) is 13.9. The minimum Gasteiger partial charge on any atom is -0.497 e. The SMILES string of the molecule is CCCNC(=O)c1cc(C2CC2)n(-c2ccc(OC)cc2)n1.